The largest absolute Gasteiger partial charge is 0.306 e. The summed E-state index contributed by atoms with van der Waals surface area (Å²) < 4.78 is 40.5. The molecule has 1 unspecified atom stereocenters. The van der Waals surface area contributed by atoms with Gasteiger partial charge in [-0.05, 0) is 31.5 Å². The number of alkyl halides is 1. The highest BCUT2D eigenvalue weighted by Gasteiger charge is 2.12. The lowest BCUT2D eigenvalue weighted by atomic mass is 10.3. The molecule has 0 radical (unpaired) electrons. The number of sulfonamides is 1. The third-order valence-electron chi connectivity index (χ3n) is 2.71. The molecule has 2 aromatic rings. The summed E-state index contributed by atoms with van der Waals surface area (Å²) in [7, 11) is -3.53. The Morgan fingerprint density at radius 1 is 1.45 bits per heavy atom. The number of nitrogens with one attached hydrogen (secondary N) is 1. The second-order valence-corrected chi connectivity index (χ2v) is 6.35. The number of rotatable bonds is 6. The Kier molecular flexibility index (Phi) is 4.39. The summed E-state index contributed by atoms with van der Waals surface area (Å²) in [5.41, 5.74) is 1.24. The van der Waals surface area contributed by atoms with Crippen molar-refractivity contribution >= 4 is 15.7 Å². The minimum Gasteiger partial charge on any atom is -0.306 e. The molecule has 1 heterocycles. The topological polar surface area (TPSA) is 64.0 Å². The molecule has 0 amide bonds. The van der Waals surface area contributed by atoms with Crippen molar-refractivity contribution in [1.29, 1.82) is 0 Å². The van der Waals surface area contributed by atoms with Crippen molar-refractivity contribution in [2.75, 3.05) is 10.5 Å². The maximum absolute atomic E-state index is 12.7. The van der Waals surface area contributed by atoms with E-state index >= 15 is 0 Å². The monoisotopic (exact) mass is 297 g/mol. The summed E-state index contributed by atoms with van der Waals surface area (Å²) in [6.45, 7) is 1.34. The summed E-state index contributed by atoms with van der Waals surface area (Å²) in [6.07, 6.45) is 3.87. The molecule has 0 fully saturated rings. The molecule has 0 bridgehead atoms. The number of anilines is 1. The molecule has 0 aliphatic heterocycles. The van der Waals surface area contributed by atoms with E-state index in [2.05, 4.69) is 9.71 Å². The van der Waals surface area contributed by atoms with Crippen LogP contribution in [0, 0.1) is 0 Å². The van der Waals surface area contributed by atoms with Crippen LogP contribution in [0.2, 0.25) is 0 Å². The third kappa shape index (κ3) is 4.06. The first-order valence-electron chi connectivity index (χ1n) is 6.19. The molecule has 5 nitrogen and oxygen atoms in total. The molecule has 0 aliphatic carbocycles. The van der Waals surface area contributed by atoms with Gasteiger partial charge in [0, 0.05) is 18.1 Å². The lowest BCUT2D eigenvalue weighted by Gasteiger charge is -2.10. The van der Waals surface area contributed by atoms with Gasteiger partial charge in [0.1, 0.15) is 0 Å². The minimum absolute atomic E-state index is 0.0173. The average Bonchev–Trinajstić information content (AvgIpc) is 2.90. The number of halogens is 1. The normalized spacial score (nSPS) is 13.1. The molecule has 0 saturated carbocycles. The highest BCUT2D eigenvalue weighted by molar-refractivity contribution is 7.92. The molecule has 108 valence electrons. The maximum atomic E-state index is 12.7. The first-order chi connectivity index (χ1) is 9.46. The fraction of sp³-hybridized carbons (Fsp3) is 0.308. The Bertz CT molecular complexity index is 654. The molecule has 7 heteroatoms. The molecule has 0 aliphatic rings. The summed E-state index contributed by atoms with van der Waals surface area (Å²) >= 11 is 0. The molecule has 1 aromatic carbocycles. The molecular formula is C13H16FN3O2S. The number of hydrogen-bond donors (Lipinski definition) is 1. The molecule has 1 aromatic heterocycles. The number of hydrogen-bond acceptors (Lipinski definition) is 3. The Hall–Kier alpha value is -1.89. The van der Waals surface area contributed by atoms with E-state index in [1.54, 1.807) is 41.5 Å². The van der Waals surface area contributed by atoms with Crippen LogP contribution in [0.25, 0.3) is 5.69 Å². The van der Waals surface area contributed by atoms with E-state index in [1.807, 2.05) is 6.07 Å². The van der Waals surface area contributed by atoms with Crippen LogP contribution in [0.3, 0.4) is 0 Å². The van der Waals surface area contributed by atoms with E-state index in [0.29, 0.717) is 5.69 Å². The van der Waals surface area contributed by atoms with E-state index in [4.69, 9.17) is 0 Å². The zero-order valence-electron chi connectivity index (χ0n) is 11.0. The summed E-state index contributed by atoms with van der Waals surface area (Å²) in [6, 6.07) is 6.92. The first kappa shape index (κ1) is 14.5. The molecule has 2 rings (SSSR count). The predicted molar refractivity (Wildman–Crippen MR) is 76.2 cm³/mol. The standard InChI is InChI=1S/C13H16FN3O2S/c1-11(14)5-8-20(18,19)16-12-3-2-4-13(9-12)17-7-6-15-10-17/h2-4,6-7,9-11,16H,5,8H2,1H3. The van der Waals surface area contributed by atoms with Crippen LogP contribution in [-0.2, 0) is 10.0 Å². The SMILES string of the molecule is CC(F)CCS(=O)(=O)Nc1cccc(-n2ccnc2)c1. The lowest BCUT2D eigenvalue weighted by Crippen LogP contribution is -2.18. The van der Waals surface area contributed by atoms with Crippen molar-refractivity contribution < 1.29 is 12.8 Å². The number of benzene rings is 1. The number of imidazole rings is 1. The maximum Gasteiger partial charge on any atom is 0.232 e. The highest BCUT2D eigenvalue weighted by atomic mass is 32.2. The molecular weight excluding hydrogens is 281 g/mol. The van der Waals surface area contributed by atoms with Crippen LogP contribution in [-0.4, -0.2) is 29.9 Å². The molecule has 1 atom stereocenters. The molecule has 0 spiro atoms. The van der Waals surface area contributed by atoms with Crippen LogP contribution >= 0.6 is 0 Å². The zero-order chi connectivity index (χ0) is 14.6. The fourth-order valence-corrected chi connectivity index (χ4v) is 2.91. The quantitative estimate of drug-likeness (QED) is 0.890. The van der Waals surface area contributed by atoms with Crippen molar-refractivity contribution in [1.82, 2.24) is 9.55 Å². The van der Waals surface area contributed by atoms with Gasteiger partial charge in [0.05, 0.1) is 23.9 Å². The van der Waals surface area contributed by atoms with Crippen LogP contribution < -0.4 is 4.72 Å². The van der Waals surface area contributed by atoms with Crippen LogP contribution in [0.4, 0.5) is 10.1 Å². The third-order valence-corrected chi connectivity index (χ3v) is 4.03. The second-order valence-electron chi connectivity index (χ2n) is 4.51. The van der Waals surface area contributed by atoms with Crippen molar-refractivity contribution in [3.63, 3.8) is 0 Å². The van der Waals surface area contributed by atoms with E-state index in [0.717, 1.165) is 5.69 Å². The zero-order valence-corrected chi connectivity index (χ0v) is 11.8. The molecule has 20 heavy (non-hydrogen) atoms. The van der Waals surface area contributed by atoms with Gasteiger partial charge < -0.3 is 4.57 Å². The van der Waals surface area contributed by atoms with Crippen LogP contribution in [0.15, 0.2) is 43.0 Å². The molecule has 0 saturated heterocycles. The predicted octanol–water partition coefficient (Wildman–Crippen LogP) is 2.36. The van der Waals surface area contributed by atoms with Crippen LogP contribution in [0.1, 0.15) is 13.3 Å². The first-order valence-corrected chi connectivity index (χ1v) is 7.84. The van der Waals surface area contributed by atoms with E-state index in [1.165, 1.54) is 6.92 Å². The van der Waals surface area contributed by atoms with E-state index in [9.17, 15) is 12.8 Å². The number of nitrogens with zero attached hydrogens (tertiary/aromatic N) is 2. The van der Waals surface area contributed by atoms with Gasteiger partial charge in [-0.15, -0.1) is 0 Å². The van der Waals surface area contributed by atoms with Gasteiger partial charge in [-0.25, -0.2) is 17.8 Å². The van der Waals surface area contributed by atoms with E-state index in [-0.39, 0.29) is 12.2 Å². The smallest absolute Gasteiger partial charge is 0.232 e. The second kappa shape index (κ2) is 6.04. The Labute approximate surface area is 117 Å². The Balaban J connectivity index is 2.12. The van der Waals surface area contributed by atoms with Crippen molar-refractivity contribution in [3.8, 4) is 5.69 Å². The van der Waals surface area contributed by atoms with Crippen molar-refractivity contribution in [2.24, 2.45) is 0 Å². The Morgan fingerprint density at radius 2 is 2.25 bits per heavy atom. The van der Waals surface area contributed by atoms with Gasteiger partial charge in [-0.1, -0.05) is 6.07 Å². The van der Waals surface area contributed by atoms with Crippen molar-refractivity contribution in [2.45, 2.75) is 19.5 Å². The average molecular weight is 297 g/mol. The summed E-state index contributed by atoms with van der Waals surface area (Å²) in [5, 5.41) is 0. The fourth-order valence-electron chi connectivity index (χ4n) is 1.69. The van der Waals surface area contributed by atoms with Gasteiger partial charge >= 0.3 is 0 Å². The van der Waals surface area contributed by atoms with Crippen LogP contribution in [0.5, 0.6) is 0 Å². The number of aromatic nitrogens is 2. The lowest BCUT2D eigenvalue weighted by molar-refractivity contribution is 0.353. The molecule has 1 N–H and O–H groups in total. The summed E-state index contributed by atoms with van der Waals surface area (Å²) in [4.78, 5) is 3.93. The van der Waals surface area contributed by atoms with E-state index < -0.39 is 16.2 Å². The van der Waals surface area contributed by atoms with Gasteiger partial charge in [0.25, 0.3) is 0 Å². The van der Waals surface area contributed by atoms with Gasteiger partial charge in [0.15, 0.2) is 0 Å². The van der Waals surface area contributed by atoms with Crippen molar-refractivity contribution in [3.05, 3.63) is 43.0 Å². The Morgan fingerprint density at radius 3 is 2.90 bits per heavy atom. The minimum atomic E-state index is -3.53. The van der Waals surface area contributed by atoms with Gasteiger partial charge in [0.2, 0.25) is 10.0 Å². The van der Waals surface area contributed by atoms with Gasteiger partial charge in [-0.2, -0.15) is 0 Å². The van der Waals surface area contributed by atoms with Gasteiger partial charge in [-0.3, -0.25) is 4.72 Å². The highest BCUT2D eigenvalue weighted by Crippen LogP contribution is 2.16. The summed E-state index contributed by atoms with van der Waals surface area (Å²) in [5.74, 6) is -0.236.